The van der Waals surface area contributed by atoms with Gasteiger partial charge in [-0.3, -0.25) is 4.79 Å². The first-order valence-corrected chi connectivity index (χ1v) is 6.12. The first-order valence-electron chi connectivity index (χ1n) is 5.33. The van der Waals surface area contributed by atoms with Crippen molar-refractivity contribution < 1.29 is 9.53 Å². The van der Waals surface area contributed by atoms with Gasteiger partial charge >= 0.3 is 0 Å². The molecule has 5 heteroatoms. The molecule has 1 aliphatic heterocycles. The SMILES string of the molecule is COCC1CCN(C(=O)c2cc(Br)c[nH]2)C1. The topological polar surface area (TPSA) is 45.3 Å². The van der Waals surface area contributed by atoms with Gasteiger partial charge < -0.3 is 14.6 Å². The normalized spacial score (nSPS) is 20.4. The Labute approximate surface area is 103 Å². The van der Waals surface area contributed by atoms with E-state index < -0.39 is 0 Å². The number of aromatic amines is 1. The summed E-state index contributed by atoms with van der Waals surface area (Å²) in [6, 6.07) is 1.81. The van der Waals surface area contributed by atoms with Gasteiger partial charge in [-0.05, 0) is 28.4 Å². The van der Waals surface area contributed by atoms with Gasteiger partial charge in [-0.15, -0.1) is 0 Å². The van der Waals surface area contributed by atoms with E-state index in [1.807, 2.05) is 11.0 Å². The average Bonchev–Trinajstić information content (AvgIpc) is 2.87. The van der Waals surface area contributed by atoms with Gasteiger partial charge in [-0.2, -0.15) is 0 Å². The van der Waals surface area contributed by atoms with Crippen LogP contribution in [-0.4, -0.2) is 42.6 Å². The zero-order chi connectivity index (χ0) is 11.5. The van der Waals surface area contributed by atoms with Gasteiger partial charge in [0.25, 0.3) is 5.91 Å². The molecule has 2 rings (SSSR count). The number of methoxy groups -OCH3 is 1. The Balaban J connectivity index is 1.97. The highest BCUT2D eigenvalue weighted by Crippen LogP contribution is 2.19. The molecule has 1 aromatic rings. The lowest BCUT2D eigenvalue weighted by Gasteiger charge is -2.15. The Morgan fingerprint density at radius 3 is 3.19 bits per heavy atom. The third-order valence-corrected chi connectivity index (χ3v) is 3.31. The predicted octanol–water partition coefficient (Wildman–Crippen LogP) is 1.89. The van der Waals surface area contributed by atoms with Gasteiger partial charge in [-0.1, -0.05) is 0 Å². The third-order valence-electron chi connectivity index (χ3n) is 2.85. The molecule has 1 aliphatic rings. The summed E-state index contributed by atoms with van der Waals surface area (Å²) in [5.41, 5.74) is 0.643. The van der Waals surface area contributed by atoms with Crippen LogP contribution in [0.1, 0.15) is 16.9 Å². The molecule has 16 heavy (non-hydrogen) atoms. The van der Waals surface area contributed by atoms with E-state index in [2.05, 4.69) is 20.9 Å². The van der Waals surface area contributed by atoms with Gasteiger partial charge in [0, 0.05) is 36.8 Å². The molecule has 0 aromatic carbocycles. The Morgan fingerprint density at radius 2 is 2.56 bits per heavy atom. The molecular weight excluding hydrogens is 272 g/mol. The molecule has 1 unspecified atom stereocenters. The van der Waals surface area contributed by atoms with E-state index in [9.17, 15) is 4.79 Å². The second-order valence-electron chi connectivity index (χ2n) is 4.09. The molecule has 1 amide bonds. The van der Waals surface area contributed by atoms with Crippen molar-refractivity contribution in [3.05, 3.63) is 22.4 Å². The number of aromatic nitrogens is 1. The molecule has 1 saturated heterocycles. The molecule has 1 N–H and O–H groups in total. The molecule has 88 valence electrons. The van der Waals surface area contributed by atoms with Crippen molar-refractivity contribution in [1.82, 2.24) is 9.88 Å². The van der Waals surface area contributed by atoms with Crippen molar-refractivity contribution in [3.8, 4) is 0 Å². The second-order valence-corrected chi connectivity index (χ2v) is 5.01. The molecule has 0 bridgehead atoms. The minimum absolute atomic E-state index is 0.0734. The number of halogens is 1. The summed E-state index contributed by atoms with van der Waals surface area (Å²) in [7, 11) is 1.70. The van der Waals surface area contributed by atoms with E-state index in [1.165, 1.54) is 0 Å². The van der Waals surface area contributed by atoms with Crippen molar-refractivity contribution in [3.63, 3.8) is 0 Å². The first-order chi connectivity index (χ1) is 7.70. The summed E-state index contributed by atoms with van der Waals surface area (Å²) in [6.07, 6.45) is 2.80. The van der Waals surface area contributed by atoms with E-state index in [0.29, 0.717) is 11.6 Å². The Morgan fingerprint density at radius 1 is 1.75 bits per heavy atom. The largest absolute Gasteiger partial charge is 0.384 e. The number of carbonyl (C=O) groups excluding carboxylic acids is 1. The van der Waals surface area contributed by atoms with Crippen molar-refractivity contribution in [2.75, 3.05) is 26.8 Å². The fraction of sp³-hybridized carbons (Fsp3) is 0.545. The molecule has 1 aromatic heterocycles. The summed E-state index contributed by atoms with van der Waals surface area (Å²) in [6.45, 7) is 2.35. The smallest absolute Gasteiger partial charge is 0.270 e. The van der Waals surface area contributed by atoms with E-state index >= 15 is 0 Å². The molecule has 1 fully saturated rings. The molecule has 2 heterocycles. The summed E-state index contributed by atoms with van der Waals surface area (Å²) >= 11 is 3.32. The van der Waals surface area contributed by atoms with Gasteiger partial charge in [0.1, 0.15) is 5.69 Å². The van der Waals surface area contributed by atoms with Crippen LogP contribution in [0.25, 0.3) is 0 Å². The predicted molar refractivity (Wildman–Crippen MR) is 64.4 cm³/mol. The van der Waals surface area contributed by atoms with Gasteiger partial charge in [0.2, 0.25) is 0 Å². The molecule has 1 atom stereocenters. The van der Waals surface area contributed by atoms with E-state index in [1.54, 1.807) is 13.3 Å². The van der Waals surface area contributed by atoms with E-state index in [4.69, 9.17) is 4.74 Å². The Hall–Kier alpha value is -0.810. The van der Waals surface area contributed by atoms with Gasteiger partial charge in [-0.25, -0.2) is 0 Å². The number of amides is 1. The van der Waals surface area contributed by atoms with E-state index in [-0.39, 0.29) is 5.91 Å². The fourth-order valence-electron chi connectivity index (χ4n) is 2.05. The van der Waals surface area contributed by atoms with Crippen molar-refractivity contribution >= 4 is 21.8 Å². The van der Waals surface area contributed by atoms with Crippen LogP contribution in [0, 0.1) is 5.92 Å². The summed E-state index contributed by atoms with van der Waals surface area (Å²) in [4.78, 5) is 16.9. The minimum atomic E-state index is 0.0734. The molecule has 0 saturated carbocycles. The molecular formula is C11H15BrN2O2. The number of H-pyrrole nitrogens is 1. The number of rotatable bonds is 3. The van der Waals surface area contributed by atoms with Gasteiger partial charge in [0.15, 0.2) is 0 Å². The van der Waals surface area contributed by atoms with Crippen molar-refractivity contribution in [2.24, 2.45) is 5.92 Å². The number of ether oxygens (including phenoxy) is 1. The minimum Gasteiger partial charge on any atom is -0.384 e. The third kappa shape index (κ3) is 2.47. The van der Waals surface area contributed by atoms with Crippen LogP contribution >= 0.6 is 15.9 Å². The summed E-state index contributed by atoms with van der Waals surface area (Å²) in [5.74, 6) is 0.552. The summed E-state index contributed by atoms with van der Waals surface area (Å²) < 4.78 is 6.02. The fourth-order valence-corrected chi connectivity index (χ4v) is 2.39. The number of nitrogens with one attached hydrogen (secondary N) is 1. The lowest BCUT2D eigenvalue weighted by atomic mass is 10.1. The molecule has 0 aliphatic carbocycles. The van der Waals surface area contributed by atoms with Crippen LogP contribution in [0.4, 0.5) is 0 Å². The number of hydrogen-bond acceptors (Lipinski definition) is 2. The van der Waals surface area contributed by atoms with Crippen molar-refractivity contribution in [2.45, 2.75) is 6.42 Å². The Bertz CT molecular complexity index is 378. The lowest BCUT2D eigenvalue weighted by Crippen LogP contribution is -2.29. The average molecular weight is 287 g/mol. The van der Waals surface area contributed by atoms with Crippen LogP contribution in [0.5, 0.6) is 0 Å². The second kappa shape index (κ2) is 5.01. The quantitative estimate of drug-likeness (QED) is 0.922. The molecule has 0 spiro atoms. The highest BCUT2D eigenvalue weighted by Gasteiger charge is 2.27. The van der Waals surface area contributed by atoms with Crippen molar-refractivity contribution in [1.29, 1.82) is 0 Å². The first kappa shape index (κ1) is 11.7. The van der Waals surface area contributed by atoms with Crippen LogP contribution in [0.15, 0.2) is 16.7 Å². The standard InChI is InChI=1S/C11H15BrN2O2/c1-16-7-8-2-3-14(6-8)11(15)10-4-9(12)5-13-10/h4-5,8,13H,2-3,6-7H2,1H3. The van der Waals surface area contributed by atoms with Crippen LogP contribution in [0.3, 0.4) is 0 Å². The van der Waals surface area contributed by atoms with E-state index in [0.717, 1.165) is 30.6 Å². The lowest BCUT2D eigenvalue weighted by molar-refractivity contribution is 0.0770. The molecule has 4 nitrogen and oxygen atoms in total. The maximum absolute atomic E-state index is 12.0. The van der Waals surface area contributed by atoms with Crippen LogP contribution in [0.2, 0.25) is 0 Å². The zero-order valence-electron chi connectivity index (χ0n) is 9.20. The number of carbonyl (C=O) groups is 1. The number of hydrogen-bond donors (Lipinski definition) is 1. The molecule has 0 radical (unpaired) electrons. The number of likely N-dealkylation sites (tertiary alicyclic amines) is 1. The monoisotopic (exact) mass is 286 g/mol. The Kier molecular flexibility index (Phi) is 3.66. The number of nitrogens with zero attached hydrogens (tertiary/aromatic N) is 1. The highest BCUT2D eigenvalue weighted by atomic mass is 79.9. The van der Waals surface area contributed by atoms with Crippen LogP contribution in [-0.2, 0) is 4.74 Å². The zero-order valence-corrected chi connectivity index (χ0v) is 10.8. The maximum atomic E-state index is 12.0. The highest BCUT2D eigenvalue weighted by molar-refractivity contribution is 9.10. The van der Waals surface area contributed by atoms with Crippen LogP contribution < -0.4 is 0 Å². The maximum Gasteiger partial charge on any atom is 0.270 e. The van der Waals surface area contributed by atoms with Gasteiger partial charge in [0.05, 0.1) is 6.61 Å². The summed E-state index contributed by atoms with van der Waals surface area (Å²) in [5, 5.41) is 0.